The molecule has 0 radical (unpaired) electrons. The summed E-state index contributed by atoms with van der Waals surface area (Å²) in [5, 5.41) is 3.52. The van der Waals surface area contributed by atoms with Gasteiger partial charge in [0.15, 0.2) is 0 Å². The minimum Gasteiger partial charge on any atom is -0.352 e. The number of carbonyl (C=O) groups is 1. The summed E-state index contributed by atoms with van der Waals surface area (Å²) in [6.45, 7) is 7.97. The Morgan fingerprint density at radius 2 is 1.92 bits per heavy atom. The highest BCUT2D eigenvalue weighted by atomic mass is 32.1. The SMILES string of the molecule is Cc1c(-c2ccccc2)sc2ncn(CC(=O)NC(C)C(C)C)c(=O)c12. The minimum absolute atomic E-state index is 0.0191. The molecule has 3 aromatic rings. The Bertz CT molecular complexity index is 989. The molecule has 1 atom stereocenters. The van der Waals surface area contributed by atoms with Crippen LogP contribution >= 0.6 is 11.3 Å². The van der Waals surface area contributed by atoms with Crippen LogP contribution in [0.2, 0.25) is 0 Å². The smallest absolute Gasteiger partial charge is 0.262 e. The van der Waals surface area contributed by atoms with Crippen LogP contribution in [0.5, 0.6) is 0 Å². The first-order chi connectivity index (χ1) is 12.4. The third kappa shape index (κ3) is 3.55. The molecule has 1 unspecified atom stereocenters. The van der Waals surface area contributed by atoms with Gasteiger partial charge in [-0.05, 0) is 30.9 Å². The van der Waals surface area contributed by atoms with Gasteiger partial charge in [0.2, 0.25) is 5.91 Å². The highest BCUT2D eigenvalue weighted by molar-refractivity contribution is 7.22. The molecule has 5 nitrogen and oxygen atoms in total. The predicted molar refractivity (Wildman–Crippen MR) is 106 cm³/mol. The zero-order valence-corrected chi connectivity index (χ0v) is 16.3. The maximum absolute atomic E-state index is 12.9. The Morgan fingerprint density at radius 3 is 2.58 bits per heavy atom. The third-order valence-corrected chi connectivity index (χ3v) is 5.90. The molecule has 2 aromatic heterocycles. The normalized spacial score (nSPS) is 12.5. The van der Waals surface area contributed by atoms with Crippen LogP contribution in [0, 0.1) is 12.8 Å². The summed E-state index contributed by atoms with van der Waals surface area (Å²) in [6, 6.07) is 10.0. The molecule has 0 spiro atoms. The summed E-state index contributed by atoms with van der Waals surface area (Å²) in [5.41, 5.74) is 1.82. The van der Waals surface area contributed by atoms with Gasteiger partial charge in [0.1, 0.15) is 11.4 Å². The zero-order chi connectivity index (χ0) is 18.8. The van der Waals surface area contributed by atoms with Crippen LogP contribution in [0.3, 0.4) is 0 Å². The lowest BCUT2D eigenvalue weighted by Gasteiger charge is -2.17. The molecule has 0 saturated carbocycles. The summed E-state index contributed by atoms with van der Waals surface area (Å²) in [6.07, 6.45) is 1.47. The molecule has 1 amide bonds. The average molecular weight is 369 g/mol. The number of hydrogen-bond acceptors (Lipinski definition) is 4. The molecule has 0 aliphatic carbocycles. The van der Waals surface area contributed by atoms with Gasteiger partial charge in [-0.15, -0.1) is 11.3 Å². The molecule has 26 heavy (non-hydrogen) atoms. The zero-order valence-electron chi connectivity index (χ0n) is 15.4. The molecule has 0 fully saturated rings. The maximum atomic E-state index is 12.9. The number of carbonyl (C=O) groups excluding carboxylic acids is 1. The molecule has 3 rings (SSSR count). The largest absolute Gasteiger partial charge is 0.352 e. The van der Waals surface area contributed by atoms with Crippen molar-refractivity contribution in [3.63, 3.8) is 0 Å². The van der Waals surface area contributed by atoms with Gasteiger partial charge in [0.05, 0.1) is 11.7 Å². The van der Waals surface area contributed by atoms with E-state index in [9.17, 15) is 9.59 Å². The summed E-state index contributed by atoms with van der Waals surface area (Å²) in [7, 11) is 0. The minimum atomic E-state index is -0.175. The topological polar surface area (TPSA) is 64.0 Å². The lowest BCUT2D eigenvalue weighted by molar-refractivity contribution is -0.122. The van der Waals surface area contributed by atoms with Gasteiger partial charge in [-0.1, -0.05) is 44.2 Å². The Balaban J connectivity index is 1.95. The first-order valence-corrected chi connectivity index (χ1v) is 9.53. The molecular formula is C20H23N3O2S. The molecular weight excluding hydrogens is 346 g/mol. The van der Waals surface area contributed by atoms with Crippen molar-refractivity contribution in [1.82, 2.24) is 14.9 Å². The van der Waals surface area contributed by atoms with Crippen LogP contribution < -0.4 is 10.9 Å². The van der Waals surface area contributed by atoms with E-state index in [0.29, 0.717) is 16.1 Å². The summed E-state index contributed by atoms with van der Waals surface area (Å²) in [5.74, 6) is 0.162. The Hall–Kier alpha value is -2.47. The van der Waals surface area contributed by atoms with E-state index in [2.05, 4.69) is 10.3 Å². The van der Waals surface area contributed by atoms with E-state index >= 15 is 0 Å². The van der Waals surface area contributed by atoms with Crippen LogP contribution in [0.1, 0.15) is 26.3 Å². The van der Waals surface area contributed by atoms with Gasteiger partial charge >= 0.3 is 0 Å². The van der Waals surface area contributed by atoms with Crippen molar-refractivity contribution in [1.29, 1.82) is 0 Å². The number of rotatable bonds is 5. The van der Waals surface area contributed by atoms with E-state index < -0.39 is 0 Å². The van der Waals surface area contributed by atoms with E-state index in [0.717, 1.165) is 16.0 Å². The van der Waals surface area contributed by atoms with Crippen molar-refractivity contribution in [2.45, 2.75) is 40.3 Å². The van der Waals surface area contributed by atoms with E-state index in [1.807, 2.05) is 58.0 Å². The van der Waals surface area contributed by atoms with Gasteiger partial charge in [-0.2, -0.15) is 0 Å². The Morgan fingerprint density at radius 1 is 1.23 bits per heavy atom. The van der Waals surface area contributed by atoms with Crippen LogP contribution in [0.15, 0.2) is 41.5 Å². The molecule has 2 heterocycles. The van der Waals surface area contributed by atoms with Crippen molar-refractivity contribution in [2.24, 2.45) is 5.92 Å². The van der Waals surface area contributed by atoms with E-state index in [4.69, 9.17) is 0 Å². The van der Waals surface area contributed by atoms with Gasteiger partial charge < -0.3 is 5.32 Å². The number of amides is 1. The van der Waals surface area contributed by atoms with Crippen molar-refractivity contribution in [3.05, 3.63) is 52.6 Å². The van der Waals surface area contributed by atoms with Crippen molar-refractivity contribution in [3.8, 4) is 10.4 Å². The van der Waals surface area contributed by atoms with Crippen LogP contribution in [0.25, 0.3) is 20.7 Å². The average Bonchev–Trinajstić information content (AvgIpc) is 2.95. The second-order valence-electron chi connectivity index (χ2n) is 6.88. The third-order valence-electron chi connectivity index (χ3n) is 4.66. The first-order valence-electron chi connectivity index (χ1n) is 8.71. The molecule has 0 saturated heterocycles. The monoisotopic (exact) mass is 369 g/mol. The molecule has 0 bridgehead atoms. The lowest BCUT2D eigenvalue weighted by Crippen LogP contribution is -2.39. The number of thiophene rings is 1. The number of aryl methyl sites for hydroxylation is 1. The highest BCUT2D eigenvalue weighted by Crippen LogP contribution is 2.35. The highest BCUT2D eigenvalue weighted by Gasteiger charge is 2.17. The van der Waals surface area contributed by atoms with E-state index in [1.165, 1.54) is 22.2 Å². The Labute approximate surface area is 156 Å². The fourth-order valence-corrected chi connectivity index (χ4v) is 3.90. The molecule has 6 heteroatoms. The fraction of sp³-hybridized carbons (Fsp3) is 0.350. The van der Waals surface area contributed by atoms with Gasteiger partial charge in [0.25, 0.3) is 5.56 Å². The molecule has 0 aliphatic heterocycles. The Kier molecular flexibility index (Phi) is 5.23. The van der Waals surface area contributed by atoms with Crippen molar-refractivity contribution in [2.75, 3.05) is 0 Å². The summed E-state index contributed by atoms with van der Waals surface area (Å²) >= 11 is 1.51. The number of nitrogens with zero attached hydrogens (tertiary/aromatic N) is 2. The molecule has 1 N–H and O–H groups in total. The maximum Gasteiger partial charge on any atom is 0.262 e. The second-order valence-corrected chi connectivity index (χ2v) is 7.88. The number of fused-ring (bicyclic) bond motifs is 1. The number of nitrogens with one attached hydrogen (secondary N) is 1. The lowest BCUT2D eigenvalue weighted by atomic mass is 10.1. The fourth-order valence-electron chi connectivity index (χ4n) is 2.76. The van der Waals surface area contributed by atoms with E-state index in [1.54, 1.807) is 0 Å². The number of aromatic nitrogens is 2. The second kappa shape index (κ2) is 7.41. The standard InChI is InChI=1S/C20H23N3O2S/c1-12(2)14(4)22-16(24)10-23-11-21-19-17(20(23)25)13(3)18(26-19)15-8-6-5-7-9-15/h5-9,11-12,14H,10H2,1-4H3,(H,22,24). The number of hydrogen-bond donors (Lipinski definition) is 1. The molecule has 136 valence electrons. The predicted octanol–water partition coefficient (Wildman–Crippen LogP) is 3.59. The molecule has 0 aliphatic rings. The van der Waals surface area contributed by atoms with Gasteiger partial charge in [-0.25, -0.2) is 4.98 Å². The van der Waals surface area contributed by atoms with Gasteiger partial charge in [0, 0.05) is 10.9 Å². The van der Waals surface area contributed by atoms with Crippen LogP contribution in [0.4, 0.5) is 0 Å². The van der Waals surface area contributed by atoms with Crippen LogP contribution in [-0.2, 0) is 11.3 Å². The first kappa shape index (κ1) is 18.3. The number of benzene rings is 1. The molecule has 1 aromatic carbocycles. The van der Waals surface area contributed by atoms with Crippen LogP contribution in [-0.4, -0.2) is 21.5 Å². The summed E-state index contributed by atoms with van der Waals surface area (Å²) in [4.78, 5) is 31.3. The van der Waals surface area contributed by atoms with E-state index in [-0.39, 0.29) is 24.1 Å². The quantitative estimate of drug-likeness (QED) is 0.747. The van der Waals surface area contributed by atoms with Gasteiger partial charge in [-0.3, -0.25) is 14.2 Å². The van der Waals surface area contributed by atoms with Crippen molar-refractivity contribution < 1.29 is 4.79 Å². The van der Waals surface area contributed by atoms with Crippen molar-refractivity contribution >= 4 is 27.5 Å². The summed E-state index contributed by atoms with van der Waals surface area (Å²) < 4.78 is 1.39.